The molecule has 0 bridgehead atoms. The summed E-state index contributed by atoms with van der Waals surface area (Å²) in [5, 5.41) is 0. The molecule has 18 heavy (non-hydrogen) atoms. The van der Waals surface area contributed by atoms with E-state index in [9.17, 15) is 0 Å². The molecule has 0 spiro atoms. The summed E-state index contributed by atoms with van der Waals surface area (Å²) in [4.78, 5) is 18.2. The second kappa shape index (κ2) is 6.35. The topological polar surface area (TPSA) is 12.9 Å². The van der Waals surface area contributed by atoms with E-state index in [1.807, 2.05) is 18.3 Å². The van der Waals surface area contributed by atoms with Crippen molar-refractivity contribution < 1.29 is 0 Å². The van der Waals surface area contributed by atoms with Gasteiger partial charge in [-0.3, -0.25) is 0 Å². The molecular weight excluding hydrogens is 432 g/mol. The molecule has 3 heteroatoms. The van der Waals surface area contributed by atoms with Crippen LogP contribution in [0.25, 0.3) is 0 Å². The van der Waals surface area contributed by atoms with Crippen LogP contribution in [0.2, 0.25) is 29.6 Å². The first-order valence-electron chi connectivity index (χ1n) is 6.18. The summed E-state index contributed by atoms with van der Waals surface area (Å²) >= 11 is -3.98. The van der Waals surface area contributed by atoms with Crippen LogP contribution in [0.5, 0.6) is 0 Å². The number of aromatic nitrogens is 1. The Bertz CT molecular complexity index is 472. The van der Waals surface area contributed by atoms with Crippen molar-refractivity contribution in [2.75, 3.05) is 0 Å². The number of nitrogens with zero attached hydrogens (tertiary/aromatic N) is 1. The Kier molecular flexibility index (Phi) is 5.61. The van der Waals surface area contributed by atoms with Crippen LogP contribution < -0.4 is 0 Å². The van der Waals surface area contributed by atoms with Crippen molar-refractivity contribution in [2.45, 2.75) is 29.6 Å². The van der Waals surface area contributed by atoms with E-state index < -0.39 is 36.8 Å². The van der Waals surface area contributed by atoms with Crippen molar-refractivity contribution in [1.29, 1.82) is 0 Å². The van der Waals surface area contributed by atoms with Gasteiger partial charge in [-0.1, -0.05) is 0 Å². The minimum absolute atomic E-state index is 0.867. The van der Waals surface area contributed by atoms with Gasteiger partial charge in [0.2, 0.25) is 0 Å². The number of hydrogen-bond donors (Lipinski definition) is 0. The second-order valence-corrected chi connectivity index (χ2v) is 33.5. The van der Waals surface area contributed by atoms with Crippen molar-refractivity contribution in [3.63, 3.8) is 0 Å². The molecule has 0 aliphatic carbocycles. The monoisotopic (exact) mass is 455 g/mol. The van der Waals surface area contributed by atoms with Crippen LogP contribution in [-0.4, -0.2) is 41.7 Å². The molecule has 0 aromatic carbocycles. The average molecular weight is 453 g/mol. The van der Waals surface area contributed by atoms with Gasteiger partial charge in [0.25, 0.3) is 0 Å². The molecule has 0 fully saturated rings. The molecule has 0 amide bonds. The Morgan fingerprint density at radius 1 is 0.833 bits per heavy atom. The van der Waals surface area contributed by atoms with Crippen molar-refractivity contribution in [2.24, 2.45) is 0 Å². The van der Waals surface area contributed by atoms with Crippen LogP contribution in [0.15, 0.2) is 18.3 Å². The third-order valence-electron chi connectivity index (χ3n) is 1.91. The van der Waals surface area contributed by atoms with Crippen LogP contribution in [0.3, 0.4) is 0 Å². The molecular formula is C15H21NSn2. The SMILES string of the molecule is [CH3][Sn]([CH3])([CH3])[C]#Cc1ccc(C#[C][Sn]([CH3])([CH3])[CH3])nc1. The normalized spacial score (nSPS) is 11.0. The maximum absolute atomic E-state index is 4.36. The van der Waals surface area contributed by atoms with Crippen molar-refractivity contribution in [1.82, 2.24) is 4.98 Å². The molecule has 0 aliphatic heterocycles. The standard InChI is InChI=1S/C9H3N.6CH3.2Sn/c1-3-8-5-6-9(4-2)10-7-8;;;;;;;;/h5-7H;6*1H3;;. The molecule has 0 saturated heterocycles. The maximum atomic E-state index is 4.36. The minimum atomic E-state index is -1.99. The van der Waals surface area contributed by atoms with E-state index in [1.54, 1.807) is 0 Å². The number of hydrogen-bond acceptors (Lipinski definition) is 1. The first kappa shape index (κ1) is 15.9. The summed E-state index contributed by atoms with van der Waals surface area (Å²) in [6.07, 6.45) is 1.84. The van der Waals surface area contributed by atoms with E-state index in [1.165, 1.54) is 0 Å². The van der Waals surface area contributed by atoms with Crippen LogP contribution in [0.4, 0.5) is 0 Å². The zero-order chi connectivity index (χ0) is 13.8. The van der Waals surface area contributed by atoms with Gasteiger partial charge in [-0.25, -0.2) is 0 Å². The van der Waals surface area contributed by atoms with Crippen molar-refractivity contribution >= 4 is 36.8 Å². The van der Waals surface area contributed by atoms with Gasteiger partial charge in [0, 0.05) is 0 Å². The second-order valence-electron chi connectivity index (χ2n) is 6.43. The first-order valence-corrected chi connectivity index (χ1v) is 26.2. The molecule has 0 saturated carbocycles. The average Bonchev–Trinajstić information content (AvgIpc) is 2.23. The van der Waals surface area contributed by atoms with E-state index in [4.69, 9.17) is 0 Å². The zero-order valence-corrected chi connectivity index (χ0v) is 17.9. The van der Waals surface area contributed by atoms with Crippen LogP contribution in [-0.2, 0) is 0 Å². The number of rotatable bonds is 0. The van der Waals surface area contributed by atoms with E-state index >= 15 is 0 Å². The number of pyridine rings is 1. The van der Waals surface area contributed by atoms with E-state index in [0.717, 1.165) is 11.3 Å². The van der Waals surface area contributed by atoms with E-state index in [-0.39, 0.29) is 0 Å². The summed E-state index contributed by atoms with van der Waals surface area (Å²) in [6.45, 7) is 0. The Hall–Kier alpha value is -0.133. The summed E-state index contributed by atoms with van der Waals surface area (Å²) in [5.41, 5.74) is 1.87. The third kappa shape index (κ3) is 7.33. The van der Waals surface area contributed by atoms with Crippen LogP contribution >= 0.6 is 0 Å². The predicted molar refractivity (Wildman–Crippen MR) is 84.7 cm³/mol. The van der Waals surface area contributed by atoms with Gasteiger partial charge in [0.05, 0.1) is 0 Å². The van der Waals surface area contributed by atoms with Crippen LogP contribution in [0, 0.1) is 19.7 Å². The van der Waals surface area contributed by atoms with Crippen LogP contribution in [0.1, 0.15) is 11.3 Å². The van der Waals surface area contributed by atoms with Gasteiger partial charge in [0.1, 0.15) is 0 Å². The molecule has 1 rings (SSSR count). The summed E-state index contributed by atoms with van der Waals surface area (Å²) in [7, 11) is 0. The zero-order valence-electron chi connectivity index (χ0n) is 12.2. The molecule has 1 aromatic heterocycles. The Balaban J connectivity index is 2.86. The van der Waals surface area contributed by atoms with E-state index in [2.05, 4.69) is 54.3 Å². The fourth-order valence-electron chi connectivity index (χ4n) is 1.05. The van der Waals surface area contributed by atoms with Gasteiger partial charge < -0.3 is 0 Å². The Labute approximate surface area is 120 Å². The molecule has 0 radical (unpaired) electrons. The quantitative estimate of drug-likeness (QED) is 0.433. The van der Waals surface area contributed by atoms with Gasteiger partial charge in [0.15, 0.2) is 0 Å². The molecule has 94 valence electrons. The summed E-state index contributed by atoms with van der Waals surface area (Å²) < 4.78 is 6.79. The molecule has 0 N–H and O–H groups in total. The van der Waals surface area contributed by atoms with Gasteiger partial charge in [-0.15, -0.1) is 0 Å². The molecule has 0 atom stereocenters. The van der Waals surface area contributed by atoms with Gasteiger partial charge in [-0.2, -0.15) is 0 Å². The molecule has 0 unspecified atom stereocenters. The fraction of sp³-hybridized carbons (Fsp3) is 0.400. The summed E-state index contributed by atoms with van der Waals surface area (Å²) in [5.74, 6) is 6.41. The Morgan fingerprint density at radius 3 is 1.83 bits per heavy atom. The van der Waals surface area contributed by atoms with Gasteiger partial charge in [-0.05, 0) is 0 Å². The van der Waals surface area contributed by atoms with Gasteiger partial charge >= 0.3 is 121 Å². The van der Waals surface area contributed by atoms with Crippen molar-refractivity contribution in [3.8, 4) is 19.7 Å². The third-order valence-corrected chi connectivity index (χ3v) is 6.91. The van der Waals surface area contributed by atoms with E-state index in [0.29, 0.717) is 0 Å². The molecule has 1 heterocycles. The molecule has 1 nitrogen and oxygen atoms in total. The van der Waals surface area contributed by atoms with Crippen molar-refractivity contribution in [3.05, 3.63) is 29.6 Å². The fourth-order valence-corrected chi connectivity index (χ4v) is 3.97. The molecule has 0 aliphatic rings. The first-order chi connectivity index (χ1) is 8.16. The predicted octanol–water partition coefficient (Wildman–Crippen LogP) is 3.54. The molecule has 1 aromatic rings. The Morgan fingerprint density at radius 2 is 1.39 bits per heavy atom. The summed E-state index contributed by atoms with van der Waals surface area (Å²) in [6, 6.07) is 4.01.